The van der Waals surface area contributed by atoms with E-state index in [0.717, 1.165) is 29.7 Å². The molecule has 1 atom stereocenters. The Labute approximate surface area is 190 Å². The number of halogens is 1. The monoisotopic (exact) mass is 444 g/mol. The number of hydrogen-bond donors (Lipinski definition) is 1. The highest BCUT2D eigenvalue weighted by atomic mass is 35.5. The Morgan fingerprint density at radius 1 is 1.10 bits per heavy atom. The van der Waals surface area contributed by atoms with Crippen LogP contribution in [0, 0.1) is 0 Å². The van der Waals surface area contributed by atoms with E-state index in [1.54, 1.807) is 12.0 Å². The molecule has 0 spiro atoms. The topological polar surface area (TPSA) is 58.6 Å². The zero-order chi connectivity index (χ0) is 22.6. The summed E-state index contributed by atoms with van der Waals surface area (Å²) in [5.41, 5.74) is 1.88. The molecule has 2 rings (SSSR count). The summed E-state index contributed by atoms with van der Waals surface area (Å²) in [7, 11) is 1.62. The van der Waals surface area contributed by atoms with Crippen LogP contribution in [-0.4, -0.2) is 36.4 Å². The largest absolute Gasteiger partial charge is 0.497 e. The average Bonchev–Trinajstić information content (AvgIpc) is 2.78. The molecule has 6 heteroatoms. The molecule has 0 radical (unpaired) electrons. The first-order valence-corrected chi connectivity index (χ1v) is 11.3. The second-order valence-corrected chi connectivity index (χ2v) is 7.94. The summed E-state index contributed by atoms with van der Waals surface area (Å²) in [6, 6.07) is 14.6. The molecule has 0 heterocycles. The number of nitrogens with one attached hydrogen (secondary N) is 1. The predicted molar refractivity (Wildman–Crippen MR) is 125 cm³/mol. The number of carbonyl (C=O) groups excluding carboxylic acids is 2. The second kappa shape index (κ2) is 13.0. The molecule has 0 aromatic heterocycles. The van der Waals surface area contributed by atoms with Crippen molar-refractivity contribution in [3.8, 4) is 5.75 Å². The van der Waals surface area contributed by atoms with Crippen molar-refractivity contribution in [1.29, 1.82) is 0 Å². The lowest BCUT2D eigenvalue weighted by Crippen LogP contribution is -2.49. The van der Waals surface area contributed by atoms with Gasteiger partial charge in [0.05, 0.1) is 7.11 Å². The summed E-state index contributed by atoms with van der Waals surface area (Å²) in [4.78, 5) is 27.8. The summed E-state index contributed by atoms with van der Waals surface area (Å²) in [6.07, 6.45) is 3.29. The maximum atomic E-state index is 13.3. The maximum absolute atomic E-state index is 13.3. The van der Waals surface area contributed by atoms with E-state index in [1.165, 1.54) is 0 Å². The SMILES string of the molecule is CCCCNC(=O)C(CC)N(Cc1ccc(OC)cc1)C(=O)CCc1ccccc1Cl. The van der Waals surface area contributed by atoms with E-state index in [2.05, 4.69) is 12.2 Å². The highest BCUT2D eigenvalue weighted by Gasteiger charge is 2.28. The molecule has 0 fully saturated rings. The zero-order valence-electron chi connectivity index (χ0n) is 18.7. The van der Waals surface area contributed by atoms with Crippen molar-refractivity contribution in [3.05, 3.63) is 64.7 Å². The molecule has 0 saturated carbocycles. The Morgan fingerprint density at radius 2 is 1.81 bits per heavy atom. The number of carbonyl (C=O) groups is 2. The van der Waals surface area contributed by atoms with Gasteiger partial charge in [-0.1, -0.05) is 62.2 Å². The number of benzene rings is 2. The van der Waals surface area contributed by atoms with Gasteiger partial charge >= 0.3 is 0 Å². The van der Waals surface area contributed by atoms with Crippen molar-refractivity contribution in [2.45, 2.75) is 58.5 Å². The van der Waals surface area contributed by atoms with Crippen LogP contribution in [-0.2, 0) is 22.6 Å². The fourth-order valence-electron chi connectivity index (χ4n) is 3.44. The van der Waals surface area contributed by atoms with Gasteiger partial charge in [-0.15, -0.1) is 0 Å². The van der Waals surface area contributed by atoms with Crippen molar-refractivity contribution in [3.63, 3.8) is 0 Å². The van der Waals surface area contributed by atoms with E-state index >= 15 is 0 Å². The molecule has 5 nitrogen and oxygen atoms in total. The van der Waals surface area contributed by atoms with E-state index in [0.29, 0.717) is 37.4 Å². The first-order chi connectivity index (χ1) is 15.0. The van der Waals surface area contributed by atoms with Gasteiger partial charge in [-0.3, -0.25) is 9.59 Å². The molecule has 0 saturated heterocycles. The van der Waals surface area contributed by atoms with E-state index in [4.69, 9.17) is 16.3 Å². The highest BCUT2D eigenvalue weighted by molar-refractivity contribution is 6.31. The number of amides is 2. The molecule has 31 heavy (non-hydrogen) atoms. The molecule has 0 aliphatic carbocycles. The Balaban J connectivity index is 2.18. The predicted octanol–water partition coefficient (Wildman–Crippen LogP) is 5.00. The normalized spacial score (nSPS) is 11.6. The summed E-state index contributed by atoms with van der Waals surface area (Å²) in [5.74, 6) is 0.591. The van der Waals surface area contributed by atoms with Crippen molar-refractivity contribution in [1.82, 2.24) is 10.2 Å². The maximum Gasteiger partial charge on any atom is 0.242 e. The Kier molecular flexibility index (Phi) is 10.4. The van der Waals surface area contributed by atoms with Crippen LogP contribution in [0.3, 0.4) is 0 Å². The van der Waals surface area contributed by atoms with Crippen molar-refractivity contribution in [2.75, 3.05) is 13.7 Å². The van der Waals surface area contributed by atoms with Crippen molar-refractivity contribution >= 4 is 23.4 Å². The molecule has 0 aliphatic rings. The third-order valence-corrected chi connectivity index (χ3v) is 5.66. The average molecular weight is 445 g/mol. The van der Waals surface area contributed by atoms with Gasteiger partial charge in [0, 0.05) is 24.5 Å². The fraction of sp³-hybridized carbons (Fsp3) is 0.440. The standard InChI is InChI=1S/C25H33ClN2O3/c1-4-6-17-27-25(30)23(5-2)28(18-19-11-14-21(31-3)15-12-19)24(29)16-13-20-9-7-8-10-22(20)26/h7-12,14-15,23H,4-6,13,16-18H2,1-3H3,(H,27,30). The van der Waals surface area contributed by atoms with Gasteiger partial charge in [0.1, 0.15) is 11.8 Å². The molecule has 168 valence electrons. The third-order valence-electron chi connectivity index (χ3n) is 5.29. The number of nitrogens with zero attached hydrogens (tertiary/aromatic N) is 1. The highest BCUT2D eigenvalue weighted by Crippen LogP contribution is 2.20. The van der Waals surface area contributed by atoms with Crippen LogP contribution in [0.25, 0.3) is 0 Å². The van der Waals surface area contributed by atoms with E-state index in [-0.39, 0.29) is 11.8 Å². The summed E-state index contributed by atoms with van der Waals surface area (Å²) in [6.45, 7) is 5.01. The summed E-state index contributed by atoms with van der Waals surface area (Å²) in [5, 5.41) is 3.64. The number of ether oxygens (including phenoxy) is 1. The Bertz CT molecular complexity index is 839. The van der Waals surface area contributed by atoms with Crippen LogP contribution in [0.15, 0.2) is 48.5 Å². The van der Waals surface area contributed by atoms with Gasteiger partial charge in [-0.2, -0.15) is 0 Å². The van der Waals surface area contributed by atoms with Gasteiger partial charge in [0.15, 0.2) is 0 Å². The lowest BCUT2D eigenvalue weighted by molar-refractivity contribution is -0.141. The molecule has 1 unspecified atom stereocenters. The van der Waals surface area contributed by atoms with Gasteiger partial charge in [0.25, 0.3) is 0 Å². The lowest BCUT2D eigenvalue weighted by Gasteiger charge is -2.31. The first-order valence-electron chi connectivity index (χ1n) is 10.9. The van der Waals surface area contributed by atoms with Gasteiger partial charge < -0.3 is 15.0 Å². The number of methoxy groups -OCH3 is 1. The van der Waals surface area contributed by atoms with Crippen LogP contribution in [0.1, 0.15) is 50.7 Å². The van der Waals surface area contributed by atoms with E-state index < -0.39 is 6.04 Å². The van der Waals surface area contributed by atoms with Crippen molar-refractivity contribution < 1.29 is 14.3 Å². The number of rotatable bonds is 12. The van der Waals surface area contributed by atoms with Crippen LogP contribution in [0.2, 0.25) is 5.02 Å². The molecule has 0 aliphatic heterocycles. The van der Waals surface area contributed by atoms with Crippen LogP contribution < -0.4 is 10.1 Å². The van der Waals surface area contributed by atoms with Crippen LogP contribution in [0.5, 0.6) is 5.75 Å². The summed E-state index contributed by atoms with van der Waals surface area (Å²) < 4.78 is 5.22. The number of hydrogen-bond acceptors (Lipinski definition) is 3. The molecular formula is C25H33ClN2O3. The minimum atomic E-state index is -0.516. The molecule has 2 aromatic carbocycles. The van der Waals surface area contributed by atoms with Crippen LogP contribution >= 0.6 is 11.6 Å². The first kappa shape index (κ1) is 24.7. The number of unbranched alkanes of at least 4 members (excludes halogenated alkanes) is 1. The fourth-order valence-corrected chi connectivity index (χ4v) is 3.67. The Hall–Kier alpha value is -2.53. The van der Waals surface area contributed by atoms with Gasteiger partial charge in [0.2, 0.25) is 11.8 Å². The van der Waals surface area contributed by atoms with E-state index in [1.807, 2.05) is 55.5 Å². The quantitative estimate of drug-likeness (QED) is 0.468. The smallest absolute Gasteiger partial charge is 0.242 e. The molecular weight excluding hydrogens is 412 g/mol. The third kappa shape index (κ3) is 7.59. The Morgan fingerprint density at radius 3 is 2.42 bits per heavy atom. The van der Waals surface area contributed by atoms with Gasteiger partial charge in [-0.25, -0.2) is 0 Å². The van der Waals surface area contributed by atoms with Gasteiger partial charge in [-0.05, 0) is 48.6 Å². The minimum Gasteiger partial charge on any atom is -0.497 e. The summed E-state index contributed by atoms with van der Waals surface area (Å²) >= 11 is 6.26. The van der Waals surface area contributed by atoms with Crippen molar-refractivity contribution in [2.24, 2.45) is 0 Å². The number of aryl methyl sites for hydroxylation is 1. The minimum absolute atomic E-state index is 0.0618. The lowest BCUT2D eigenvalue weighted by atomic mass is 10.1. The zero-order valence-corrected chi connectivity index (χ0v) is 19.5. The van der Waals surface area contributed by atoms with Crippen LogP contribution in [0.4, 0.5) is 0 Å². The second-order valence-electron chi connectivity index (χ2n) is 7.53. The molecule has 0 bridgehead atoms. The molecule has 2 aromatic rings. The van der Waals surface area contributed by atoms with E-state index in [9.17, 15) is 9.59 Å². The molecule has 2 amide bonds. The molecule has 1 N–H and O–H groups in total.